The summed E-state index contributed by atoms with van der Waals surface area (Å²) in [6.07, 6.45) is 1.79. The number of hydrogen-bond donors (Lipinski definition) is 1. The molecule has 0 atom stereocenters. The van der Waals surface area contributed by atoms with E-state index in [1.165, 1.54) is 0 Å². The summed E-state index contributed by atoms with van der Waals surface area (Å²) in [4.78, 5) is 25.8. The number of nitrogens with one attached hydrogen (secondary N) is 1. The number of benzene rings is 2. The minimum Gasteiger partial charge on any atom is -0.318 e. The Morgan fingerprint density at radius 3 is 2.33 bits per heavy atom. The Bertz CT molecular complexity index is 1150. The average molecular weight is 419 g/mol. The molecule has 2 aromatic carbocycles. The van der Waals surface area contributed by atoms with Gasteiger partial charge in [-0.15, -0.1) is 0 Å². The molecular formula is C22H15BrN2O2. The largest absolute Gasteiger partial charge is 0.318 e. The van der Waals surface area contributed by atoms with E-state index < -0.39 is 11.7 Å². The highest BCUT2D eigenvalue weighted by Crippen LogP contribution is 2.29. The van der Waals surface area contributed by atoms with Crippen molar-refractivity contribution < 1.29 is 9.59 Å². The van der Waals surface area contributed by atoms with Crippen LogP contribution in [-0.4, -0.2) is 16.1 Å². The van der Waals surface area contributed by atoms with Gasteiger partial charge in [-0.1, -0.05) is 48.5 Å². The second-order valence-electron chi connectivity index (χ2n) is 6.03. The van der Waals surface area contributed by atoms with Gasteiger partial charge in [-0.3, -0.25) is 9.59 Å². The highest BCUT2D eigenvalue weighted by Gasteiger charge is 2.25. The molecule has 0 aliphatic heterocycles. The first-order chi connectivity index (χ1) is 13.1. The van der Waals surface area contributed by atoms with Gasteiger partial charge < -0.3 is 9.72 Å². The van der Waals surface area contributed by atoms with Crippen molar-refractivity contribution in [3.8, 4) is 11.1 Å². The van der Waals surface area contributed by atoms with Crippen molar-refractivity contribution in [3.63, 3.8) is 0 Å². The molecule has 0 saturated heterocycles. The molecule has 0 bridgehead atoms. The fourth-order valence-corrected chi connectivity index (χ4v) is 3.43. The lowest BCUT2D eigenvalue weighted by Crippen LogP contribution is -2.24. The minimum absolute atomic E-state index is 0.348. The van der Waals surface area contributed by atoms with Crippen LogP contribution in [-0.2, 0) is 4.79 Å². The van der Waals surface area contributed by atoms with Crippen LogP contribution in [0.25, 0.3) is 16.6 Å². The maximum atomic E-state index is 13.1. The second-order valence-corrected chi connectivity index (χ2v) is 6.89. The third kappa shape index (κ3) is 3.29. The standard InChI is InChI=1S/C22H15BrN2O2/c23-18-11-4-5-12-19(18)24-22(27)21(26)20-17(15-8-2-1-3-9-15)14-16-10-6-7-13-25(16)20/h1-14H,(H,24,27). The van der Waals surface area contributed by atoms with E-state index in [9.17, 15) is 9.59 Å². The molecule has 0 fully saturated rings. The van der Waals surface area contributed by atoms with Gasteiger partial charge in [0.25, 0.3) is 11.7 Å². The van der Waals surface area contributed by atoms with Gasteiger partial charge in [0, 0.05) is 21.7 Å². The number of Topliss-reactive ketones (excluding diaryl/α,β-unsaturated/α-hetero) is 1. The number of anilines is 1. The second kappa shape index (κ2) is 7.21. The fraction of sp³-hybridized carbons (Fsp3) is 0. The van der Waals surface area contributed by atoms with Crippen LogP contribution in [0.5, 0.6) is 0 Å². The molecule has 2 heterocycles. The Balaban J connectivity index is 1.79. The summed E-state index contributed by atoms with van der Waals surface area (Å²) in [6.45, 7) is 0. The topological polar surface area (TPSA) is 50.6 Å². The van der Waals surface area contributed by atoms with E-state index in [0.717, 1.165) is 21.1 Å². The first kappa shape index (κ1) is 17.2. The number of amides is 1. The number of carbonyl (C=O) groups excluding carboxylic acids is 2. The van der Waals surface area contributed by atoms with Crippen LogP contribution >= 0.6 is 15.9 Å². The molecule has 27 heavy (non-hydrogen) atoms. The number of hydrogen-bond acceptors (Lipinski definition) is 2. The van der Waals surface area contributed by atoms with Crippen LogP contribution in [0.3, 0.4) is 0 Å². The van der Waals surface area contributed by atoms with Crippen LogP contribution in [0.2, 0.25) is 0 Å². The first-order valence-electron chi connectivity index (χ1n) is 8.41. The number of carbonyl (C=O) groups is 2. The Kier molecular flexibility index (Phi) is 4.60. The van der Waals surface area contributed by atoms with E-state index in [2.05, 4.69) is 21.2 Å². The molecule has 1 N–H and O–H groups in total. The molecule has 0 aliphatic carbocycles. The lowest BCUT2D eigenvalue weighted by atomic mass is 10.0. The Labute approximate surface area is 164 Å². The molecule has 132 valence electrons. The average Bonchev–Trinajstić information content (AvgIpc) is 3.09. The molecule has 0 radical (unpaired) electrons. The Hall–Kier alpha value is -3.18. The van der Waals surface area contributed by atoms with Crippen molar-refractivity contribution in [2.75, 3.05) is 5.32 Å². The van der Waals surface area contributed by atoms with Gasteiger partial charge in [-0.25, -0.2) is 0 Å². The quantitative estimate of drug-likeness (QED) is 0.366. The summed E-state index contributed by atoms with van der Waals surface area (Å²) >= 11 is 3.38. The van der Waals surface area contributed by atoms with Crippen molar-refractivity contribution in [2.24, 2.45) is 0 Å². The summed E-state index contributed by atoms with van der Waals surface area (Å²) in [7, 11) is 0. The molecular weight excluding hydrogens is 404 g/mol. The molecule has 4 nitrogen and oxygen atoms in total. The molecule has 0 unspecified atom stereocenters. The number of fused-ring (bicyclic) bond motifs is 1. The van der Waals surface area contributed by atoms with Crippen LogP contribution in [0.15, 0.2) is 89.5 Å². The van der Waals surface area contributed by atoms with Gasteiger partial charge in [-0.05, 0) is 51.8 Å². The monoisotopic (exact) mass is 418 g/mol. The maximum Gasteiger partial charge on any atom is 0.298 e. The highest BCUT2D eigenvalue weighted by molar-refractivity contribution is 9.10. The summed E-state index contributed by atoms with van der Waals surface area (Å²) in [5.41, 5.74) is 3.38. The SMILES string of the molecule is O=C(Nc1ccccc1Br)C(=O)c1c(-c2ccccc2)cc2ccccn12. The van der Waals surface area contributed by atoms with Gasteiger partial charge >= 0.3 is 0 Å². The molecule has 5 heteroatoms. The third-order valence-electron chi connectivity index (χ3n) is 4.31. The van der Waals surface area contributed by atoms with Crippen LogP contribution in [0.4, 0.5) is 5.69 Å². The van der Waals surface area contributed by atoms with Gasteiger partial charge in [0.05, 0.1) is 5.69 Å². The number of halogens is 1. The first-order valence-corrected chi connectivity index (χ1v) is 9.20. The molecule has 0 spiro atoms. The Morgan fingerprint density at radius 1 is 0.852 bits per heavy atom. The van der Waals surface area contributed by atoms with Gasteiger partial charge in [-0.2, -0.15) is 0 Å². The van der Waals surface area contributed by atoms with Gasteiger partial charge in [0.1, 0.15) is 5.69 Å². The number of nitrogens with zero attached hydrogens (tertiary/aromatic N) is 1. The van der Waals surface area contributed by atoms with E-state index >= 15 is 0 Å². The molecule has 4 aromatic rings. The third-order valence-corrected chi connectivity index (χ3v) is 5.00. The van der Waals surface area contributed by atoms with Crippen LogP contribution in [0.1, 0.15) is 10.5 Å². The lowest BCUT2D eigenvalue weighted by Gasteiger charge is -2.09. The highest BCUT2D eigenvalue weighted by atomic mass is 79.9. The van der Waals surface area contributed by atoms with Crippen molar-refractivity contribution in [3.05, 3.63) is 95.2 Å². The van der Waals surface area contributed by atoms with Crippen molar-refractivity contribution >= 4 is 38.8 Å². The normalized spacial score (nSPS) is 10.7. The molecule has 2 aromatic heterocycles. The zero-order valence-electron chi connectivity index (χ0n) is 14.2. The Morgan fingerprint density at radius 2 is 1.56 bits per heavy atom. The molecule has 1 amide bonds. The predicted molar refractivity (Wildman–Crippen MR) is 110 cm³/mol. The number of para-hydroxylation sites is 1. The van der Waals surface area contributed by atoms with Crippen LogP contribution < -0.4 is 5.32 Å². The summed E-state index contributed by atoms with van der Waals surface area (Å²) in [5.74, 6) is -1.27. The maximum absolute atomic E-state index is 13.1. The number of pyridine rings is 1. The summed E-state index contributed by atoms with van der Waals surface area (Å²) in [6, 6.07) is 24.4. The zero-order chi connectivity index (χ0) is 18.8. The smallest absolute Gasteiger partial charge is 0.298 e. The fourth-order valence-electron chi connectivity index (χ4n) is 3.04. The number of ketones is 1. The zero-order valence-corrected chi connectivity index (χ0v) is 15.8. The molecule has 4 rings (SSSR count). The predicted octanol–water partition coefficient (Wildman–Crippen LogP) is 5.19. The number of rotatable bonds is 4. The van der Waals surface area contributed by atoms with E-state index in [1.807, 2.05) is 66.7 Å². The van der Waals surface area contributed by atoms with Crippen molar-refractivity contribution in [1.82, 2.24) is 4.40 Å². The van der Waals surface area contributed by atoms with E-state index in [4.69, 9.17) is 0 Å². The van der Waals surface area contributed by atoms with Crippen molar-refractivity contribution in [2.45, 2.75) is 0 Å². The lowest BCUT2D eigenvalue weighted by molar-refractivity contribution is -0.112. The van der Waals surface area contributed by atoms with Crippen LogP contribution in [0, 0.1) is 0 Å². The van der Waals surface area contributed by atoms with Gasteiger partial charge in [0.2, 0.25) is 0 Å². The summed E-state index contributed by atoms with van der Waals surface area (Å²) < 4.78 is 2.47. The van der Waals surface area contributed by atoms with E-state index in [-0.39, 0.29) is 0 Å². The van der Waals surface area contributed by atoms with E-state index in [1.54, 1.807) is 22.7 Å². The summed E-state index contributed by atoms with van der Waals surface area (Å²) in [5, 5.41) is 2.69. The van der Waals surface area contributed by atoms with E-state index in [0.29, 0.717) is 11.4 Å². The molecule has 0 saturated carbocycles. The van der Waals surface area contributed by atoms with Gasteiger partial charge in [0.15, 0.2) is 0 Å². The molecule has 0 aliphatic rings. The number of aromatic nitrogens is 1. The van der Waals surface area contributed by atoms with Crippen molar-refractivity contribution in [1.29, 1.82) is 0 Å². The minimum atomic E-state index is -0.678.